The molecule has 3 heteroatoms. The summed E-state index contributed by atoms with van der Waals surface area (Å²) < 4.78 is 0. The van der Waals surface area contributed by atoms with Gasteiger partial charge in [-0.1, -0.05) is 42.5 Å². The van der Waals surface area contributed by atoms with E-state index in [1.54, 1.807) is 0 Å². The summed E-state index contributed by atoms with van der Waals surface area (Å²) >= 11 is 0. The van der Waals surface area contributed by atoms with E-state index < -0.39 is 0 Å². The quantitative estimate of drug-likeness (QED) is 0.717. The van der Waals surface area contributed by atoms with E-state index >= 15 is 0 Å². The molecule has 19 heavy (non-hydrogen) atoms. The standard InChI is InChI=1S/C16H14N2O/c1-17-10-11-6-2-3-7-12(11)15-13-8-4-5-9-14(13)16(19)18(15)17/h2-9,15H,10H2,1H3. The second kappa shape index (κ2) is 3.68. The van der Waals surface area contributed by atoms with E-state index in [0.717, 1.165) is 17.7 Å². The molecule has 0 aliphatic carbocycles. The number of fused-ring (bicyclic) bond motifs is 5. The molecule has 0 saturated carbocycles. The lowest BCUT2D eigenvalue weighted by Crippen LogP contribution is -2.45. The van der Waals surface area contributed by atoms with Gasteiger partial charge in [0.2, 0.25) is 0 Å². The fourth-order valence-electron chi connectivity index (χ4n) is 3.22. The third kappa shape index (κ3) is 1.33. The summed E-state index contributed by atoms with van der Waals surface area (Å²) in [5.74, 6) is 0.109. The zero-order chi connectivity index (χ0) is 13.0. The van der Waals surface area contributed by atoms with Gasteiger partial charge >= 0.3 is 0 Å². The Bertz CT molecular complexity index is 680. The molecule has 4 rings (SSSR count). The number of amides is 1. The molecule has 0 bridgehead atoms. The molecule has 0 aromatic heterocycles. The van der Waals surface area contributed by atoms with Crippen LogP contribution in [0.4, 0.5) is 0 Å². The number of hydrogen-bond acceptors (Lipinski definition) is 2. The van der Waals surface area contributed by atoms with Crippen molar-refractivity contribution in [1.82, 2.24) is 10.0 Å². The van der Waals surface area contributed by atoms with Gasteiger partial charge in [-0.3, -0.25) is 9.80 Å². The minimum atomic E-state index is 0.0404. The number of carbonyl (C=O) groups excluding carboxylic acids is 1. The largest absolute Gasteiger partial charge is 0.269 e. The zero-order valence-electron chi connectivity index (χ0n) is 10.7. The number of hydrazine groups is 1. The van der Waals surface area contributed by atoms with Gasteiger partial charge in [0.1, 0.15) is 0 Å². The van der Waals surface area contributed by atoms with Crippen molar-refractivity contribution < 1.29 is 4.79 Å². The van der Waals surface area contributed by atoms with E-state index in [4.69, 9.17) is 0 Å². The number of hydrogen-bond donors (Lipinski definition) is 0. The lowest BCUT2D eigenvalue weighted by Gasteiger charge is -2.39. The van der Waals surface area contributed by atoms with E-state index in [1.807, 2.05) is 41.3 Å². The fourth-order valence-corrected chi connectivity index (χ4v) is 3.22. The fraction of sp³-hybridized carbons (Fsp3) is 0.188. The van der Waals surface area contributed by atoms with E-state index in [9.17, 15) is 4.79 Å². The minimum Gasteiger partial charge on any atom is -0.268 e. The SMILES string of the molecule is CN1Cc2ccccc2C2c3ccccc3C(=O)N21. The Morgan fingerprint density at radius 2 is 1.68 bits per heavy atom. The molecule has 0 saturated heterocycles. The predicted octanol–water partition coefficient (Wildman–Crippen LogP) is 2.59. The Labute approximate surface area is 112 Å². The molecule has 1 amide bonds. The van der Waals surface area contributed by atoms with Crippen LogP contribution in [-0.2, 0) is 6.54 Å². The summed E-state index contributed by atoms with van der Waals surface area (Å²) in [6.45, 7) is 0.784. The third-order valence-electron chi connectivity index (χ3n) is 4.06. The van der Waals surface area contributed by atoms with Gasteiger partial charge < -0.3 is 0 Å². The molecule has 2 aliphatic rings. The van der Waals surface area contributed by atoms with Gasteiger partial charge in [-0.2, -0.15) is 0 Å². The number of carbonyl (C=O) groups is 1. The Morgan fingerprint density at radius 1 is 1.00 bits per heavy atom. The van der Waals surface area contributed by atoms with E-state index in [2.05, 4.69) is 24.3 Å². The van der Waals surface area contributed by atoms with Gasteiger partial charge in [0.05, 0.1) is 6.04 Å². The topological polar surface area (TPSA) is 23.6 Å². The van der Waals surface area contributed by atoms with Crippen LogP contribution < -0.4 is 0 Å². The van der Waals surface area contributed by atoms with Crippen LogP contribution >= 0.6 is 0 Å². The molecule has 0 fully saturated rings. The maximum absolute atomic E-state index is 12.5. The lowest BCUT2D eigenvalue weighted by atomic mass is 9.93. The van der Waals surface area contributed by atoms with Crippen molar-refractivity contribution in [3.8, 4) is 0 Å². The van der Waals surface area contributed by atoms with Gasteiger partial charge in [-0.05, 0) is 22.8 Å². The lowest BCUT2D eigenvalue weighted by molar-refractivity contribution is -0.0183. The van der Waals surface area contributed by atoms with E-state index in [-0.39, 0.29) is 11.9 Å². The van der Waals surface area contributed by atoms with Gasteiger partial charge in [0, 0.05) is 19.2 Å². The highest BCUT2D eigenvalue weighted by Gasteiger charge is 2.43. The van der Waals surface area contributed by atoms with Crippen LogP contribution in [0.3, 0.4) is 0 Å². The highest BCUT2D eigenvalue weighted by atomic mass is 16.2. The second-order valence-electron chi connectivity index (χ2n) is 5.15. The minimum absolute atomic E-state index is 0.0404. The average Bonchev–Trinajstić information content (AvgIpc) is 2.74. The Kier molecular flexibility index (Phi) is 2.09. The molecule has 0 radical (unpaired) electrons. The van der Waals surface area contributed by atoms with Crippen molar-refractivity contribution in [2.75, 3.05) is 7.05 Å². The summed E-state index contributed by atoms with van der Waals surface area (Å²) in [6, 6.07) is 16.4. The Balaban J connectivity index is 1.99. The van der Waals surface area contributed by atoms with Crippen molar-refractivity contribution in [2.24, 2.45) is 0 Å². The predicted molar refractivity (Wildman–Crippen MR) is 72.4 cm³/mol. The summed E-state index contributed by atoms with van der Waals surface area (Å²) in [5, 5.41) is 3.91. The van der Waals surface area contributed by atoms with Crippen molar-refractivity contribution in [3.05, 3.63) is 70.8 Å². The molecular weight excluding hydrogens is 236 g/mol. The van der Waals surface area contributed by atoms with Crippen LogP contribution in [0.1, 0.15) is 33.1 Å². The average molecular weight is 250 g/mol. The second-order valence-corrected chi connectivity index (χ2v) is 5.15. The number of rotatable bonds is 0. The van der Waals surface area contributed by atoms with Gasteiger partial charge in [-0.15, -0.1) is 0 Å². The first-order chi connectivity index (χ1) is 9.27. The van der Waals surface area contributed by atoms with Crippen molar-refractivity contribution in [1.29, 1.82) is 0 Å². The van der Waals surface area contributed by atoms with Gasteiger partial charge in [0.15, 0.2) is 0 Å². The van der Waals surface area contributed by atoms with Crippen LogP contribution in [0.15, 0.2) is 48.5 Å². The smallest absolute Gasteiger partial charge is 0.268 e. The molecule has 3 nitrogen and oxygen atoms in total. The molecular formula is C16H14N2O. The maximum atomic E-state index is 12.5. The zero-order valence-corrected chi connectivity index (χ0v) is 10.7. The highest BCUT2D eigenvalue weighted by molar-refractivity contribution is 5.99. The molecule has 2 aromatic rings. The summed E-state index contributed by atoms with van der Waals surface area (Å²) in [5.41, 5.74) is 4.50. The number of nitrogens with zero attached hydrogens (tertiary/aromatic N) is 2. The molecule has 2 heterocycles. The van der Waals surface area contributed by atoms with Crippen LogP contribution in [0, 0.1) is 0 Å². The van der Waals surface area contributed by atoms with E-state index in [0.29, 0.717) is 0 Å². The van der Waals surface area contributed by atoms with Crippen LogP contribution in [0.5, 0.6) is 0 Å². The third-order valence-corrected chi connectivity index (χ3v) is 4.06. The molecule has 94 valence electrons. The first kappa shape index (κ1) is 10.8. The molecule has 1 unspecified atom stereocenters. The summed E-state index contributed by atoms with van der Waals surface area (Å²) in [6.07, 6.45) is 0. The summed E-state index contributed by atoms with van der Waals surface area (Å²) in [4.78, 5) is 12.5. The normalized spacial score (nSPS) is 21.0. The number of benzene rings is 2. The van der Waals surface area contributed by atoms with E-state index in [1.165, 1.54) is 11.1 Å². The highest BCUT2D eigenvalue weighted by Crippen LogP contribution is 2.43. The molecule has 1 atom stereocenters. The Morgan fingerprint density at radius 3 is 2.53 bits per heavy atom. The summed E-state index contributed by atoms with van der Waals surface area (Å²) in [7, 11) is 1.98. The first-order valence-corrected chi connectivity index (χ1v) is 6.48. The van der Waals surface area contributed by atoms with Crippen LogP contribution in [-0.4, -0.2) is 23.0 Å². The van der Waals surface area contributed by atoms with Gasteiger partial charge in [-0.25, -0.2) is 5.01 Å². The van der Waals surface area contributed by atoms with Gasteiger partial charge in [0.25, 0.3) is 5.91 Å². The molecule has 0 spiro atoms. The van der Waals surface area contributed by atoms with Crippen molar-refractivity contribution in [3.63, 3.8) is 0 Å². The van der Waals surface area contributed by atoms with Crippen LogP contribution in [0.2, 0.25) is 0 Å². The maximum Gasteiger partial charge on any atom is 0.269 e. The molecule has 2 aliphatic heterocycles. The first-order valence-electron chi connectivity index (χ1n) is 6.48. The van der Waals surface area contributed by atoms with Crippen molar-refractivity contribution >= 4 is 5.91 Å². The molecule has 0 N–H and O–H groups in total. The Hall–Kier alpha value is -2.13. The van der Waals surface area contributed by atoms with Crippen LogP contribution in [0.25, 0.3) is 0 Å². The van der Waals surface area contributed by atoms with Crippen molar-refractivity contribution in [2.45, 2.75) is 12.6 Å². The monoisotopic (exact) mass is 250 g/mol. The molecule has 2 aromatic carbocycles.